The summed E-state index contributed by atoms with van der Waals surface area (Å²) in [5.41, 5.74) is 0. The van der Waals surface area contributed by atoms with Gasteiger partial charge in [0.15, 0.2) is 18.3 Å². The van der Waals surface area contributed by atoms with E-state index in [2.05, 4.69) is 0 Å². The van der Waals surface area contributed by atoms with Crippen molar-refractivity contribution in [2.45, 2.75) is 72.1 Å². The molecule has 1 heterocycles. The summed E-state index contributed by atoms with van der Waals surface area (Å²) in [6.45, 7) is 8.28. The lowest BCUT2D eigenvalue weighted by Crippen LogP contribution is -2.63. The van der Waals surface area contributed by atoms with Gasteiger partial charge in [0.05, 0.1) is 0 Å². The summed E-state index contributed by atoms with van der Waals surface area (Å²) in [5, 5.41) is 0. The number of carbonyl (C=O) groups excluding carboxylic acids is 4. The third-order valence-corrected chi connectivity index (χ3v) is 3.68. The lowest BCUT2D eigenvalue weighted by Gasteiger charge is -2.45. The van der Waals surface area contributed by atoms with E-state index in [1.165, 1.54) is 27.7 Å². The van der Waals surface area contributed by atoms with E-state index < -0.39 is 54.4 Å². The largest absolute Gasteiger partial charge is 0.463 e. The molecule has 26 heavy (non-hydrogen) atoms. The molecule has 0 aromatic rings. The van der Waals surface area contributed by atoms with Crippen LogP contribution in [0.25, 0.3) is 0 Å². The smallest absolute Gasteiger partial charge is 0.303 e. The minimum atomic E-state index is -1.10. The van der Waals surface area contributed by atoms with E-state index in [1.54, 1.807) is 0 Å². The molecular formula is C17H26O9. The van der Waals surface area contributed by atoms with Crippen molar-refractivity contribution in [3.8, 4) is 0 Å². The monoisotopic (exact) mass is 374 g/mol. The van der Waals surface area contributed by atoms with Crippen LogP contribution in [-0.2, 0) is 42.9 Å². The number of rotatable bonds is 6. The van der Waals surface area contributed by atoms with E-state index in [-0.39, 0.29) is 12.5 Å². The highest BCUT2D eigenvalue weighted by atomic mass is 16.7. The van der Waals surface area contributed by atoms with Gasteiger partial charge in [-0.25, -0.2) is 0 Å². The van der Waals surface area contributed by atoms with Gasteiger partial charge in [0.1, 0.15) is 18.8 Å². The van der Waals surface area contributed by atoms with Gasteiger partial charge < -0.3 is 23.7 Å². The first-order valence-corrected chi connectivity index (χ1v) is 8.33. The molecule has 0 amide bonds. The van der Waals surface area contributed by atoms with E-state index in [0.29, 0.717) is 0 Å². The molecule has 0 bridgehead atoms. The Kier molecular flexibility index (Phi) is 8.01. The fraction of sp³-hybridized carbons (Fsp3) is 0.765. The predicted molar refractivity (Wildman–Crippen MR) is 86.8 cm³/mol. The van der Waals surface area contributed by atoms with Crippen LogP contribution in [0, 0.1) is 5.92 Å². The molecule has 1 fully saturated rings. The van der Waals surface area contributed by atoms with E-state index >= 15 is 0 Å². The van der Waals surface area contributed by atoms with Gasteiger partial charge in [-0.15, -0.1) is 0 Å². The molecule has 148 valence electrons. The first-order valence-electron chi connectivity index (χ1n) is 8.33. The van der Waals surface area contributed by atoms with Gasteiger partial charge >= 0.3 is 23.9 Å². The maximum atomic E-state index is 11.6. The van der Waals surface area contributed by atoms with E-state index in [0.717, 1.165) is 0 Å². The van der Waals surface area contributed by atoms with Gasteiger partial charge in [0.2, 0.25) is 0 Å². The molecule has 9 heteroatoms. The van der Waals surface area contributed by atoms with Crippen LogP contribution in [0.15, 0.2) is 0 Å². The van der Waals surface area contributed by atoms with Gasteiger partial charge in [-0.05, 0) is 5.92 Å². The Hall–Kier alpha value is -2.16. The van der Waals surface area contributed by atoms with Crippen LogP contribution >= 0.6 is 0 Å². The Morgan fingerprint density at radius 1 is 0.769 bits per heavy atom. The molecule has 1 saturated heterocycles. The Balaban J connectivity index is 3.27. The highest BCUT2D eigenvalue weighted by Crippen LogP contribution is 2.32. The van der Waals surface area contributed by atoms with Gasteiger partial charge in [-0.3, -0.25) is 19.2 Å². The molecule has 0 aromatic carbocycles. The molecule has 0 aliphatic carbocycles. The summed E-state index contributed by atoms with van der Waals surface area (Å²) < 4.78 is 26.8. The molecular weight excluding hydrogens is 348 g/mol. The Bertz CT molecular complexity index is 542. The zero-order valence-electron chi connectivity index (χ0n) is 15.8. The lowest BCUT2D eigenvalue weighted by atomic mass is 9.89. The van der Waals surface area contributed by atoms with Crippen molar-refractivity contribution >= 4 is 23.9 Å². The normalized spacial score (nSPS) is 28.2. The first-order chi connectivity index (χ1) is 12.0. The van der Waals surface area contributed by atoms with Gasteiger partial charge in [0, 0.05) is 27.7 Å². The van der Waals surface area contributed by atoms with Crippen LogP contribution in [-0.4, -0.2) is 61.0 Å². The molecule has 1 rings (SSSR count). The van der Waals surface area contributed by atoms with Gasteiger partial charge in [-0.2, -0.15) is 0 Å². The average molecular weight is 374 g/mol. The predicted octanol–water partition coefficient (Wildman–Crippen LogP) is 0.768. The third-order valence-electron chi connectivity index (χ3n) is 3.68. The van der Waals surface area contributed by atoms with Crippen molar-refractivity contribution in [3.05, 3.63) is 0 Å². The molecule has 9 nitrogen and oxygen atoms in total. The molecule has 5 atom stereocenters. The second-order valence-corrected chi connectivity index (χ2v) is 6.41. The van der Waals surface area contributed by atoms with Crippen molar-refractivity contribution in [1.29, 1.82) is 0 Å². The number of esters is 4. The maximum absolute atomic E-state index is 11.6. The maximum Gasteiger partial charge on any atom is 0.303 e. The minimum Gasteiger partial charge on any atom is -0.463 e. The molecule has 0 radical (unpaired) electrons. The summed E-state index contributed by atoms with van der Waals surface area (Å²) in [6, 6.07) is 0. The van der Waals surface area contributed by atoms with Crippen LogP contribution in [0.5, 0.6) is 0 Å². The van der Waals surface area contributed by atoms with Crippen LogP contribution < -0.4 is 0 Å². The van der Waals surface area contributed by atoms with Gasteiger partial charge in [0.25, 0.3) is 0 Å². The fourth-order valence-corrected chi connectivity index (χ4v) is 2.80. The molecule has 0 saturated carbocycles. The summed E-state index contributed by atoms with van der Waals surface area (Å²) in [4.78, 5) is 45.8. The molecule has 0 aromatic heterocycles. The Morgan fingerprint density at radius 2 is 1.23 bits per heavy atom. The summed E-state index contributed by atoms with van der Waals surface area (Å²) in [5.74, 6) is -2.55. The molecule has 0 N–H and O–H groups in total. The third kappa shape index (κ3) is 6.29. The molecule has 1 aliphatic heterocycles. The number of hydrogen-bond acceptors (Lipinski definition) is 9. The zero-order chi connectivity index (χ0) is 20.0. The van der Waals surface area contributed by atoms with Crippen LogP contribution in [0.2, 0.25) is 0 Å². The lowest BCUT2D eigenvalue weighted by molar-refractivity contribution is -0.258. The van der Waals surface area contributed by atoms with Crippen molar-refractivity contribution in [2.75, 3.05) is 6.61 Å². The van der Waals surface area contributed by atoms with Crippen molar-refractivity contribution < 1.29 is 42.9 Å². The highest BCUT2D eigenvalue weighted by Gasteiger charge is 2.52. The standard InChI is InChI=1S/C17H26O9/c1-8(2)14-16(24-11(5)20)17(25-12(6)21)15(23-10(4)19)13(26-14)7-22-9(3)18/h8,13-17H,7H2,1-6H3/t13-,14?,15-,16-,17+/m0/s1. The summed E-state index contributed by atoms with van der Waals surface area (Å²) in [7, 11) is 0. The molecule has 1 aliphatic rings. The highest BCUT2D eigenvalue weighted by molar-refractivity contribution is 5.68. The number of carbonyl (C=O) groups is 4. The zero-order valence-corrected chi connectivity index (χ0v) is 15.8. The number of ether oxygens (including phenoxy) is 5. The van der Waals surface area contributed by atoms with Crippen molar-refractivity contribution in [2.24, 2.45) is 5.92 Å². The van der Waals surface area contributed by atoms with Crippen LogP contribution in [0.3, 0.4) is 0 Å². The quantitative estimate of drug-likeness (QED) is 0.491. The molecule has 1 unspecified atom stereocenters. The second-order valence-electron chi connectivity index (χ2n) is 6.41. The minimum absolute atomic E-state index is 0.129. The van der Waals surface area contributed by atoms with Crippen molar-refractivity contribution in [1.82, 2.24) is 0 Å². The van der Waals surface area contributed by atoms with Crippen molar-refractivity contribution in [3.63, 3.8) is 0 Å². The SMILES string of the molecule is CC(=O)OC[C@@H]1OC(C(C)C)[C@H](OC(C)=O)[C@H](OC(C)=O)[C@H]1OC(C)=O. The Morgan fingerprint density at radius 3 is 1.65 bits per heavy atom. The average Bonchev–Trinajstić information content (AvgIpc) is 2.47. The summed E-state index contributed by atoms with van der Waals surface area (Å²) in [6.07, 6.45) is -4.71. The first kappa shape index (κ1) is 21.9. The van der Waals surface area contributed by atoms with E-state index in [4.69, 9.17) is 23.7 Å². The van der Waals surface area contributed by atoms with Crippen LogP contribution in [0.4, 0.5) is 0 Å². The number of hydrogen-bond donors (Lipinski definition) is 0. The van der Waals surface area contributed by atoms with Gasteiger partial charge in [-0.1, -0.05) is 13.8 Å². The topological polar surface area (TPSA) is 114 Å². The molecule has 0 spiro atoms. The summed E-state index contributed by atoms with van der Waals surface area (Å²) >= 11 is 0. The van der Waals surface area contributed by atoms with E-state index in [9.17, 15) is 19.2 Å². The van der Waals surface area contributed by atoms with Crippen LogP contribution in [0.1, 0.15) is 41.5 Å². The Labute approximate surface area is 152 Å². The second kappa shape index (κ2) is 9.51. The fourth-order valence-electron chi connectivity index (χ4n) is 2.80. The van der Waals surface area contributed by atoms with E-state index in [1.807, 2.05) is 13.8 Å².